The molecule has 7 heteroatoms. The van der Waals surface area contributed by atoms with Crippen LogP contribution in [0.25, 0.3) is 0 Å². The number of benzene rings is 1. The second-order valence-corrected chi connectivity index (χ2v) is 4.41. The lowest BCUT2D eigenvalue weighted by Crippen LogP contribution is -2.15. The van der Waals surface area contributed by atoms with Crippen LogP contribution in [0.15, 0.2) is 18.2 Å². The number of carboxylic acids is 1. The summed E-state index contributed by atoms with van der Waals surface area (Å²) in [6.45, 7) is 0. The molecule has 0 heterocycles. The normalized spacial score (nSPS) is 9.90. The molecule has 1 aromatic carbocycles. The number of carbonyl (C=O) groups is 3. The minimum Gasteiger partial charge on any atom is -0.481 e. The molecule has 1 amide bonds. The monoisotopic (exact) mass is 299 g/mol. The fourth-order valence-electron chi connectivity index (χ4n) is 1.52. The number of hydrogen-bond acceptors (Lipinski definition) is 4. The van der Waals surface area contributed by atoms with Gasteiger partial charge >= 0.3 is 11.9 Å². The van der Waals surface area contributed by atoms with Gasteiger partial charge in [-0.15, -0.1) is 0 Å². The Morgan fingerprint density at radius 2 is 2.00 bits per heavy atom. The van der Waals surface area contributed by atoms with Crippen LogP contribution in [0.1, 0.15) is 29.6 Å². The maximum Gasteiger partial charge on any atom is 0.339 e. The van der Waals surface area contributed by atoms with Gasteiger partial charge in [0.1, 0.15) is 0 Å². The second kappa shape index (κ2) is 7.49. The molecule has 1 aromatic rings. The molecule has 0 aromatic heterocycles. The number of anilines is 1. The summed E-state index contributed by atoms with van der Waals surface area (Å²) < 4.78 is 4.60. The Hall–Kier alpha value is -2.08. The third-order valence-corrected chi connectivity index (χ3v) is 2.69. The number of amides is 1. The van der Waals surface area contributed by atoms with Gasteiger partial charge in [-0.25, -0.2) is 4.79 Å². The molecule has 1 rings (SSSR count). The Morgan fingerprint density at radius 3 is 2.60 bits per heavy atom. The molecule has 0 bridgehead atoms. The first-order chi connectivity index (χ1) is 9.43. The number of carbonyl (C=O) groups excluding carboxylic acids is 2. The van der Waals surface area contributed by atoms with Crippen molar-refractivity contribution in [3.8, 4) is 0 Å². The number of rotatable bonds is 6. The Morgan fingerprint density at radius 1 is 1.30 bits per heavy atom. The molecule has 0 aliphatic carbocycles. The molecule has 0 radical (unpaired) electrons. The first-order valence-electron chi connectivity index (χ1n) is 5.83. The summed E-state index contributed by atoms with van der Waals surface area (Å²) in [5.74, 6) is -1.95. The van der Waals surface area contributed by atoms with Crippen molar-refractivity contribution in [3.05, 3.63) is 28.8 Å². The molecular weight excluding hydrogens is 286 g/mol. The van der Waals surface area contributed by atoms with Crippen molar-refractivity contribution in [1.82, 2.24) is 0 Å². The van der Waals surface area contributed by atoms with Crippen molar-refractivity contribution in [2.75, 3.05) is 12.4 Å². The second-order valence-electron chi connectivity index (χ2n) is 3.98. The number of esters is 1. The molecule has 0 aliphatic rings. The lowest BCUT2D eigenvalue weighted by atomic mass is 10.1. The van der Waals surface area contributed by atoms with Crippen LogP contribution in [-0.4, -0.2) is 30.1 Å². The number of halogens is 1. The number of ether oxygens (including phenoxy) is 1. The van der Waals surface area contributed by atoms with Crippen molar-refractivity contribution in [1.29, 1.82) is 0 Å². The van der Waals surface area contributed by atoms with E-state index in [0.29, 0.717) is 5.02 Å². The number of carboxylic acid groups (broad SMARTS) is 1. The zero-order valence-corrected chi connectivity index (χ0v) is 11.6. The van der Waals surface area contributed by atoms with Gasteiger partial charge in [0, 0.05) is 17.9 Å². The van der Waals surface area contributed by atoms with Crippen molar-refractivity contribution in [2.45, 2.75) is 19.3 Å². The topological polar surface area (TPSA) is 92.7 Å². The van der Waals surface area contributed by atoms with Crippen LogP contribution >= 0.6 is 11.6 Å². The van der Waals surface area contributed by atoms with Crippen LogP contribution < -0.4 is 5.32 Å². The molecule has 0 atom stereocenters. The molecule has 0 saturated heterocycles. The highest BCUT2D eigenvalue weighted by molar-refractivity contribution is 6.31. The first-order valence-corrected chi connectivity index (χ1v) is 6.21. The van der Waals surface area contributed by atoms with E-state index < -0.39 is 17.8 Å². The van der Waals surface area contributed by atoms with Gasteiger partial charge < -0.3 is 15.2 Å². The number of nitrogens with one attached hydrogen (secondary N) is 1. The summed E-state index contributed by atoms with van der Waals surface area (Å²) in [6.07, 6.45) is 0.168. The number of methoxy groups -OCH3 is 1. The Labute approximate surface area is 120 Å². The van der Waals surface area contributed by atoms with Gasteiger partial charge in [0.05, 0.1) is 18.4 Å². The van der Waals surface area contributed by atoms with E-state index in [4.69, 9.17) is 16.7 Å². The predicted molar refractivity (Wildman–Crippen MR) is 72.9 cm³/mol. The zero-order valence-electron chi connectivity index (χ0n) is 10.8. The van der Waals surface area contributed by atoms with E-state index in [1.807, 2.05) is 0 Å². The lowest BCUT2D eigenvalue weighted by molar-refractivity contribution is -0.137. The quantitative estimate of drug-likeness (QED) is 0.786. The largest absolute Gasteiger partial charge is 0.481 e. The van der Waals surface area contributed by atoms with Gasteiger partial charge in [-0.2, -0.15) is 0 Å². The lowest BCUT2D eigenvalue weighted by Gasteiger charge is -2.10. The maximum absolute atomic E-state index is 11.7. The smallest absolute Gasteiger partial charge is 0.339 e. The van der Waals surface area contributed by atoms with Crippen molar-refractivity contribution < 1.29 is 24.2 Å². The van der Waals surface area contributed by atoms with Crippen molar-refractivity contribution in [3.63, 3.8) is 0 Å². The number of aliphatic carboxylic acids is 1. The fraction of sp³-hybridized carbons (Fsp3) is 0.308. The number of hydrogen-bond donors (Lipinski definition) is 2. The first kappa shape index (κ1) is 16.0. The summed E-state index contributed by atoms with van der Waals surface area (Å²) in [7, 11) is 1.23. The van der Waals surface area contributed by atoms with Crippen LogP contribution in [0, 0.1) is 0 Å². The molecule has 0 spiro atoms. The standard InChI is InChI=1S/C13H14ClNO5/c1-20-13(19)9-6-5-8(14)7-10(9)15-11(16)3-2-4-12(17)18/h5-7H,2-4H2,1H3,(H,15,16)(H,17,18). The van der Waals surface area contributed by atoms with Gasteiger partial charge in [0.2, 0.25) is 5.91 Å². The summed E-state index contributed by atoms with van der Waals surface area (Å²) in [5, 5.41) is 11.4. The summed E-state index contributed by atoms with van der Waals surface area (Å²) in [6, 6.07) is 4.39. The van der Waals surface area contributed by atoms with Crippen molar-refractivity contribution in [2.24, 2.45) is 0 Å². The SMILES string of the molecule is COC(=O)c1ccc(Cl)cc1NC(=O)CCCC(=O)O. The van der Waals surface area contributed by atoms with Crippen LogP contribution in [0.5, 0.6) is 0 Å². The summed E-state index contributed by atoms with van der Waals surface area (Å²) in [5.41, 5.74) is 0.424. The highest BCUT2D eigenvalue weighted by Gasteiger charge is 2.14. The van der Waals surface area contributed by atoms with E-state index in [2.05, 4.69) is 10.1 Å². The van der Waals surface area contributed by atoms with Gasteiger partial charge in [0.25, 0.3) is 0 Å². The van der Waals surface area contributed by atoms with E-state index in [-0.39, 0.29) is 30.5 Å². The van der Waals surface area contributed by atoms with Crippen LogP contribution in [0.3, 0.4) is 0 Å². The molecule has 0 fully saturated rings. The Kier molecular flexibility index (Phi) is 5.99. The molecule has 20 heavy (non-hydrogen) atoms. The summed E-state index contributed by atoms with van der Waals surface area (Å²) >= 11 is 5.81. The molecule has 6 nitrogen and oxygen atoms in total. The van der Waals surface area contributed by atoms with Crippen LogP contribution in [-0.2, 0) is 14.3 Å². The Balaban J connectivity index is 2.75. The van der Waals surface area contributed by atoms with Gasteiger partial charge in [0.15, 0.2) is 0 Å². The van der Waals surface area contributed by atoms with E-state index in [9.17, 15) is 14.4 Å². The third kappa shape index (κ3) is 4.89. The molecule has 0 aliphatic heterocycles. The molecule has 2 N–H and O–H groups in total. The maximum atomic E-state index is 11.7. The van der Waals surface area contributed by atoms with E-state index >= 15 is 0 Å². The fourth-order valence-corrected chi connectivity index (χ4v) is 1.69. The highest BCUT2D eigenvalue weighted by Crippen LogP contribution is 2.22. The zero-order chi connectivity index (χ0) is 15.1. The molecular formula is C13H14ClNO5. The Bertz CT molecular complexity index is 529. The van der Waals surface area contributed by atoms with Crippen LogP contribution in [0.2, 0.25) is 5.02 Å². The predicted octanol–water partition coefficient (Wildman–Crippen LogP) is 2.32. The molecule has 108 valence electrons. The minimum absolute atomic E-state index is 0.0411. The van der Waals surface area contributed by atoms with E-state index in [1.54, 1.807) is 0 Å². The van der Waals surface area contributed by atoms with Crippen LogP contribution in [0.4, 0.5) is 5.69 Å². The van der Waals surface area contributed by atoms with E-state index in [0.717, 1.165) is 0 Å². The third-order valence-electron chi connectivity index (χ3n) is 2.46. The minimum atomic E-state index is -0.962. The average molecular weight is 300 g/mol. The van der Waals surface area contributed by atoms with E-state index in [1.165, 1.54) is 25.3 Å². The summed E-state index contributed by atoms with van der Waals surface area (Å²) in [4.78, 5) is 33.6. The van der Waals surface area contributed by atoms with Crippen molar-refractivity contribution >= 4 is 35.1 Å². The highest BCUT2D eigenvalue weighted by atomic mass is 35.5. The van der Waals surface area contributed by atoms with Gasteiger partial charge in [-0.1, -0.05) is 11.6 Å². The van der Waals surface area contributed by atoms with Gasteiger partial charge in [-0.3, -0.25) is 9.59 Å². The molecule has 0 unspecified atom stereocenters. The average Bonchev–Trinajstić information content (AvgIpc) is 2.37. The molecule has 0 saturated carbocycles. The van der Waals surface area contributed by atoms with Gasteiger partial charge in [-0.05, 0) is 24.6 Å².